The topological polar surface area (TPSA) is 83.1 Å². The minimum Gasteiger partial charge on any atom is -0.410 e. The van der Waals surface area contributed by atoms with Gasteiger partial charge < -0.3 is 19.4 Å². The summed E-state index contributed by atoms with van der Waals surface area (Å²) in [5.41, 5.74) is 1.55. The molecule has 3 heterocycles. The summed E-state index contributed by atoms with van der Waals surface area (Å²) in [5, 5.41) is 0.609. The first-order valence-corrected chi connectivity index (χ1v) is 14.0. The molecule has 2 aliphatic rings. The number of amides is 2. The first kappa shape index (κ1) is 28.5. The predicted octanol–water partition coefficient (Wildman–Crippen LogP) is 5.42. The quantitative estimate of drug-likeness (QED) is 0.363. The number of halogens is 2. The van der Waals surface area contributed by atoms with Crippen LogP contribution in [0.4, 0.5) is 15.0 Å². The van der Waals surface area contributed by atoms with Crippen molar-refractivity contribution < 1.29 is 23.5 Å². The number of hydrogen-bond acceptors (Lipinski definition) is 6. The number of benzene rings is 2. The molecule has 2 aliphatic heterocycles. The molecule has 0 radical (unpaired) electrons. The molecule has 2 aromatic carbocycles. The molecule has 2 atom stereocenters. The van der Waals surface area contributed by atoms with E-state index < -0.39 is 11.9 Å². The van der Waals surface area contributed by atoms with Crippen LogP contribution >= 0.6 is 11.6 Å². The third-order valence-corrected chi connectivity index (χ3v) is 8.28. The third kappa shape index (κ3) is 6.51. The molecule has 0 N–H and O–H groups in total. The van der Waals surface area contributed by atoms with Crippen LogP contribution in [0.1, 0.15) is 41.6 Å². The number of likely N-dealkylation sites (tertiary alicyclic amines) is 1. The van der Waals surface area contributed by atoms with Gasteiger partial charge in [-0.15, -0.1) is 0 Å². The van der Waals surface area contributed by atoms with Crippen molar-refractivity contribution in [3.05, 3.63) is 88.8 Å². The van der Waals surface area contributed by atoms with Gasteiger partial charge in [-0.3, -0.25) is 9.59 Å². The lowest BCUT2D eigenvalue weighted by atomic mass is 9.93. The molecule has 214 valence electrons. The number of piperidine rings is 1. The van der Waals surface area contributed by atoms with Gasteiger partial charge in [0.05, 0.1) is 6.04 Å². The average Bonchev–Trinajstić information content (AvgIpc) is 3.43. The number of ether oxygens (including phenoxy) is 1. The Bertz CT molecular complexity index is 1390. The molecule has 41 heavy (non-hydrogen) atoms. The van der Waals surface area contributed by atoms with E-state index in [-0.39, 0.29) is 35.3 Å². The van der Waals surface area contributed by atoms with Gasteiger partial charge in [0.15, 0.2) is 5.78 Å². The van der Waals surface area contributed by atoms with E-state index in [1.807, 2.05) is 35.2 Å². The summed E-state index contributed by atoms with van der Waals surface area (Å²) in [6.07, 6.45) is 2.38. The summed E-state index contributed by atoms with van der Waals surface area (Å²) in [7, 11) is 1.66. The van der Waals surface area contributed by atoms with Gasteiger partial charge in [0, 0.05) is 61.8 Å². The molecule has 0 aliphatic carbocycles. The van der Waals surface area contributed by atoms with Crippen LogP contribution in [0.25, 0.3) is 0 Å². The van der Waals surface area contributed by atoms with E-state index in [1.54, 1.807) is 19.3 Å². The van der Waals surface area contributed by atoms with E-state index in [1.165, 1.54) is 36.1 Å². The first-order chi connectivity index (χ1) is 19.7. The highest BCUT2D eigenvalue weighted by molar-refractivity contribution is 6.30. The van der Waals surface area contributed by atoms with Crippen molar-refractivity contribution in [2.45, 2.75) is 31.7 Å². The van der Waals surface area contributed by atoms with E-state index in [0.29, 0.717) is 49.6 Å². The van der Waals surface area contributed by atoms with Gasteiger partial charge in [0.2, 0.25) is 5.91 Å². The van der Waals surface area contributed by atoms with E-state index in [4.69, 9.17) is 16.3 Å². The number of Topliss-reactive ketones (excluding diaryl/α,β-unsaturated/α-hetero) is 1. The van der Waals surface area contributed by atoms with E-state index in [2.05, 4.69) is 9.88 Å². The zero-order valence-corrected chi connectivity index (χ0v) is 23.8. The van der Waals surface area contributed by atoms with Gasteiger partial charge in [-0.25, -0.2) is 14.2 Å². The Hall–Kier alpha value is -3.98. The lowest BCUT2D eigenvalue weighted by Gasteiger charge is -2.34. The molecule has 0 spiro atoms. The zero-order chi connectivity index (χ0) is 29.1. The molecule has 0 bridgehead atoms. The molecule has 3 aromatic rings. The Morgan fingerprint density at radius 2 is 1.66 bits per heavy atom. The summed E-state index contributed by atoms with van der Waals surface area (Å²) in [4.78, 5) is 48.3. The fourth-order valence-corrected chi connectivity index (χ4v) is 5.73. The van der Waals surface area contributed by atoms with Crippen LogP contribution in [0.2, 0.25) is 5.02 Å². The Kier molecular flexibility index (Phi) is 8.54. The number of ketones is 1. The van der Waals surface area contributed by atoms with Crippen molar-refractivity contribution in [3.63, 3.8) is 0 Å². The maximum Gasteiger partial charge on any atom is 0.415 e. The van der Waals surface area contributed by atoms with Crippen LogP contribution in [0.15, 0.2) is 66.9 Å². The Balaban J connectivity index is 1.26. The molecular formula is C31H32ClFN4O4. The summed E-state index contributed by atoms with van der Waals surface area (Å²) in [5.74, 6) is 0.407. The van der Waals surface area contributed by atoms with Gasteiger partial charge in [0.25, 0.3) is 0 Å². The number of likely N-dealkylation sites (N-methyl/N-ethyl adjacent to an activating group) is 1. The van der Waals surface area contributed by atoms with Crippen LogP contribution in [0.5, 0.6) is 5.75 Å². The Morgan fingerprint density at radius 1 is 0.976 bits per heavy atom. The van der Waals surface area contributed by atoms with Crippen molar-refractivity contribution in [3.8, 4) is 5.75 Å². The number of carbonyl (C=O) groups is 3. The SMILES string of the molecule is CC(=O)c1ccc(N2CCC(C(=O)N3C[C@@H](N(C)C(=O)Oc4ccc(F)cc4)[C@H](c4ccc(Cl)cc4)C3)CC2)nc1. The van der Waals surface area contributed by atoms with Gasteiger partial charge in [-0.2, -0.15) is 0 Å². The molecule has 0 unspecified atom stereocenters. The number of carbonyl (C=O) groups excluding carboxylic acids is 3. The number of anilines is 1. The van der Waals surface area contributed by atoms with Crippen molar-refractivity contribution in [2.75, 3.05) is 38.1 Å². The van der Waals surface area contributed by atoms with Gasteiger partial charge in [-0.1, -0.05) is 23.7 Å². The van der Waals surface area contributed by atoms with Gasteiger partial charge in [-0.05, 0) is 73.9 Å². The second kappa shape index (κ2) is 12.3. The molecule has 8 nitrogen and oxygen atoms in total. The molecule has 2 saturated heterocycles. The zero-order valence-electron chi connectivity index (χ0n) is 23.0. The minimum atomic E-state index is -0.577. The third-order valence-electron chi connectivity index (χ3n) is 8.03. The molecule has 0 saturated carbocycles. The molecule has 1 aromatic heterocycles. The van der Waals surface area contributed by atoms with E-state index in [0.717, 1.165) is 11.4 Å². The smallest absolute Gasteiger partial charge is 0.410 e. The number of hydrogen-bond donors (Lipinski definition) is 0. The van der Waals surface area contributed by atoms with Crippen molar-refractivity contribution >= 4 is 35.2 Å². The van der Waals surface area contributed by atoms with E-state index in [9.17, 15) is 18.8 Å². The fourth-order valence-electron chi connectivity index (χ4n) is 5.60. The highest BCUT2D eigenvalue weighted by Gasteiger charge is 2.42. The standard InChI is InChI=1S/C31H32ClFN4O4/c1-20(38)23-5-12-29(34-17-23)36-15-13-22(14-16-36)30(39)37-18-27(21-3-6-24(32)7-4-21)28(19-37)35(2)31(40)41-26-10-8-25(33)9-11-26/h3-12,17,22,27-28H,13-16,18-19H2,1-2H3/t27-,28+/m0/s1. The maximum atomic E-state index is 13.7. The molecule has 10 heteroatoms. The predicted molar refractivity (Wildman–Crippen MR) is 154 cm³/mol. The fraction of sp³-hybridized carbons (Fsp3) is 0.355. The number of rotatable bonds is 6. The molecule has 2 amide bonds. The van der Waals surface area contributed by atoms with E-state index >= 15 is 0 Å². The maximum absolute atomic E-state index is 13.7. The Morgan fingerprint density at radius 3 is 2.27 bits per heavy atom. The minimum absolute atomic E-state index is 0.0245. The van der Waals surface area contributed by atoms with Crippen molar-refractivity contribution in [1.29, 1.82) is 0 Å². The van der Waals surface area contributed by atoms with Gasteiger partial charge >= 0.3 is 6.09 Å². The average molecular weight is 579 g/mol. The van der Waals surface area contributed by atoms with Crippen LogP contribution in [0.3, 0.4) is 0 Å². The van der Waals surface area contributed by atoms with Crippen molar-refractivity contribution in [1.82, 2.24) is 14.8 Å². The van der Waals surface area contributed by atoms with Crippen LogP contribution in [-0.4, -0.2) is 71.8 Å². The molecule has 2 fully saturated rings. The van der Waals surface area contributed by atoms with Crippen LogP contribution < -0.4 is 9.64 Å². The first-order valence-electron chi connectivity index (χ1n) is 13.7. The monoisotopic (exact) mass is 578 g/mol. The normalized spacial score (nSPS) is 19.2. The Labute approximate surface area is 243 Å². The highest BCUT2D eigenvalue weighted by Crippen LogP contribution is 2.34. The lowest BCUT2D eigenvalue weighted by Crippen LogP contribution is -2.45. The molecular weight excluding hydrogens is 547 g/mol. The summed E-state index contributed by atoms with van der Waals surface area (Å²) < 4.78 is 18.8. The number of aromatic nitrogens is 1. The molecule has 5 rings (SSSR count). The summed E-state index contributed by atoms with van der Waals surface area (Å²) in [6.45, 7) is 3.72. The number of nitrogens with zero attached hydrogens (tertiary/aromatic N) is 4. The number of pyridine rings is 1. The second-order valence-corrected chi connectivity index (χ2v) is 11.1. The lowest BCUT2D eigenvalue weighted by molar-refractivity contribution is -0.135. The summed E-state index contributed by atoms with van der Waals surface area (Å²) >= 11 is 6.13. The van der Waals surface area contributed by atoms with Crippen LogP contribution in [0, 0.1) is 11.7 Å². The second-order valence-electron chi connectivity index (χ2n) is 10.6. The largest absolute Gasteiger partial charge is 0.415 e. The van der Waals surface area contributed by atoms with Crippen molar-refractivity contribution in [2.24, 2.45) is 5.92 Å². The summed E-state index contributed by atoms with van der Waals surface area (Å²) in [6, 6.07) is 16.0. The highest BCUT2D eigenvalue weighted by atomic mass is 35.5. The van der Waals surface area contributed by atoms with Gasteiger partial charge in [0.1, 0.15) is 17.4 Å². The van der Waals surface area contributed by atoms with Crippen LogP contribution in [-0.2, 0) is 4.79 Å².